The summed E-state index contributed by atoms with van der Waals surface area (Å²) in [7, 11) is 0. The number of amides is 1. The number of non-ortho nitro benzene ring substituents is 1. The molecule has 0 aliphatic carbocycles. The minimum absolute atomic E-state index is 0.131. The number of anilines is 1. The molecule has 1 aliphatic heterocycles. The fraction of sp³-hybridized carbons (Fsp3) is 0.471. The third-order valence-electron chi connectivity index (χ3n) is 4.62. The van der Waals surface area contributed by atoms with Gasteiger partial charge in [-0.3, -0.25) is 14.9 Å². The van der Waals surface area contributed by atoms with Crippen LogP contribution >= 0.6 is 0 Å². The van der Waals surface area contributed by atoms with Crippen molar-refractivity contribution in [3.8, 4) is 0 Å². The summed E-state index contributed by atoms with van der Waals surface area (Å²) >= 11 is 0. The molecule has 1 aliphatic rings. The average molecular weight is 377 g/mol. The number of benzene rings is 1. The van der Waals surface area contributed by atoms with Crippen LogP contribution in [0.5, 0.6) is 0 Å². The van der Waals surface area contributed by atoms with Crippen LogP contribution < -0.4 is 4.90 Å². The molecule has 1 amide bonds. The number of hydrogen-bond acceptors (Lipinski definition) is 7. The van der Waals surface area contributed by atoms with Crippen LogP contribution in [0.2, 0.25) is 0 Å². The van der Waals surface area contributed by atoms with E-state index in [0.717, 1.165) is 6.07 Å². The van der Waals surface area contributed by atoms with Crippen LogP contribution in [-0.4, -0.2) is 45.0 Å². The van der Waals surface area contributed by atoms with Gasteiger partial charge in [-0.25, -0.2) is 4.39 Å². The highest BCUT2D eigenvalue weighted by atomic mass is 19.1. The molecule has 0 spiro atoms. The lowest BCUT2D eigenvalue weighted by Gasteiger charge is -2.27. The Kier molecular flexibility index (Phi) is 5.33. The van der Waals surface area contributed by atoms with Gasteiger partial charge in [-0.1, -0.05) is 12.1 Å². The smallest absolute Gasteiger partial charge is 0.272 e. The molecule has 0 N–H and O–H groups in total. The molecule has 1 aromatic carbocycles. The summed E-state index contributed by atoms with van der Waals surface area (Å²) < 4.78 is 19.4. The summed E-state index contributed by atoms with van der Waals surface area (Å²) in [5, 5.41) is 14.6. The number of aryl methyl sites for hydroxylation is 1. The Morgan fingerprint density at radius 1 is 1.52 bits per heavy atom. The molecule has 0 radical (unpaired) electrons. The third kappa shape index (κ3) is 4.04. The normalized spacial score (nSPS) is 16.6. The van der Waals surface area contributed by atoms with E-state index in [4.69, 9.17) is 4.52 Å². The van der Waals surface area contributed by atoms with Crippen molar-refractivity contribution in [3.63, 3.8) is 0 Å². The maximum absolute atomic E-state index is 14.3. The molecule has 144 valence electrons. The molecule has 0 unspecified atom stereocenters. The summed E-state index contributed by atoms with van der Waals surface area (Å²) in [6.45, 7) is 4.55. The quantitative estimate of drug-likeness (QED) is 0.562. The fourth-order valence-corrected chi connectivity index (χ4v) is 3.23. The Morgan fingerprint density at radius 2 is 2.30 bits per heavy atom. The molecular weight excluding hydrogens is 357 g/mol. The summed E-state index contributed by atoms with van der Waals surface area (Å²) in [4.78, 5) is 29.9. The maximum atomic E-state index is 14.3. The monoisotopic (exact) mass is 377 g/mol. The summed E-state index contributed by atoms with van der Waals surface area (Å²) in [6, 6.07) is 3.46. The second-order valence-corrected chi connectivity index (χ2v) is 6.39. The molecule has 1 atom stereocenters. The molecule has 10 heteroatoms. The van der Waals surface area contributed by atoms with Crippen molar-refractivity contribution in [2.24, 2.45) is 0 Å². The number of carbonyl (C=O) groups is 1. The SMILES string of the molecule is CCc1nc(CN(C(C)=O)[C@@H]2CCN(c3ccc([N+](=O)[O-])cc3F)C2)no1. The first-order chi connectivity index (χ1) is 12.9. The van der Waals surface area contributed by atoms with Crippen LogP contribution in [-0.2, 0) is 17.8 Å². The molecule has 27 heavy (non-hydrogen) atoms. The van der Waals surface area contributed by atoms with Gasteiger partial charge in [0.2, 0.25) is 11.8 Å². The lowest BCUT2D eigenvalue weighted by Crippen LogP contribution is -2.40. The van der Waals surface area contributed by atoms with Gasteiger partial charge in [0, 0.05) is 32.5 Å². The van der Waals surface area contributed by atoms with E-state index in [-0.39, 0.29) is 24.2 Å². The van der Waals surface area contributed by atoms with E-state index in [0.29, 0.717) is 43.3 Å². The summed E-state index contributed by atoms with van der Waals surface area (Å²) in [6.07, 6.45) is 1.26. The first-order valence-electron chi connectivity index (χ1n) is 8.66. The largest absolute Gasteiger partial charge is 0.367 e. The molecule has 0 saturated carbocycles. The predicted molar refractivity (Wildman–Crippen MR) is 93.6 cm³/mol. The highest BCUT2D eigenvalue weighted by molar-refractivity contribution is 5.73. The molecule has 2 heterocycles. The predicted octanol–water partition coefficient (Wildman–Crippen LogP) is 2.31. The van der Waals surface area contributed by atoms with Crippen LogP contribution in [0.25, 0.3) is 0 Å². The van der Waals surface area contributed by atoms with Crippen molar-refractivity contribution in [2.75, 3.05) is 18.0 Å². The highest BCUT2D eigenvalue weighted by Crippen LogP contribution is 2.28. The summed E-state index contributed by atoms with van der Waals surface area (Å²) in [5.74, 6) is 0.162. The van der Waals surface area contributed by atoms with E-state index in [1.54, 1.807) is 9.80 Å². The second-order valence-electron chi connectivity index (χ2n) is 6.39. The molecule has 9 nitrogen and oxygen atoms in total. The van der Waals surface area contributed by atoms with Crippen molar-refractivity contribution < 1.29 is 18.6 Å². The van der Waals surface area contributed by atoms with Crippen LogP contribution in [0, 0.1) is 15.9 Å². The number of nitrogens with zero attached hydrogens (tertiary/aromatic N) is 5. The zero-order valence-corrected chi connectivity index (χ0v) is 15.1. The number of halogens is 1. The van der Waals surface area contributed by atoms with Gasteiger partial charge in [0.05, 0.1) is 29.3 Å². The van der Waals surface area contributed by atoms with E-state index < -0.39 is 10.7 Å². The Balaban J connectivity index is 1.72. The molecule has 3 rings (SSSR count). The third-order valence-corrected chi connectivity index (χ3v) is 4.62. The molecule has 1 fully saturated rings. The molecule has 2 aromatic rings. The molecule has 0 bridgehead atoms. The first kappa shape index (κ1) is 18.7. The van der Waals surface area contributed by atoms with E-state index >= 15 is 0 Å². The highest BCUT2D eigenvalue weighted by Gasteiger charge is 2.31. The van der Waals surface area contributed by atoms with Gasteiger partial charge in [-0.05, 0) is 12.5 Å². The Labute approximate surface area is 154 Å². The second kappa shape index (κ2) is 7.68. The number of nitro benzene ring substituents is 1. The zero-order chi connectivity index (χ0) is 19.6. The first-order valence-corrected chi connectivity index (χ1v) is 8.66. The van der Waals surface area contributed by atoms with Gasteiger partial charge in [0.1, 0.15) is 0 Å². The van der Waals surface area contributed by atoms with Gasteiger partial charge in [0.25, 0.3) is 5.69 Å². The average Bonchev–Trinajstić information content (AvgIpc) is 3.28. The number of rotatable bonds is 6. The van der Waals surface area contributed by atoms with Gasteiger partial charge >= 0.3 is 0 Å². The topological polar surface area (TPSA) is 106 Å². The number of aromatic nitrogens is 2. The van der Waals surface area contributed by atoms with Crippen molar-refractivity contribution in [1.29, 1.82) is 0 Å². The van der Waals surface area contributed by atoms with Gasteiger partial charge in [-0.2, -0.15) is 4.98 Å². The van der Waals surface area contributed by atoms with Crippen molar-refractivity contribution >= 4 is 17.3 Å². The zero-order valence-electron chi connectivity index (χ0n) is 15.1. The minimum Gasteiger partial charge on any atom is -0.367 e. The molecule has 1 aromatic heterocycles. The van der Waals surface area contributed by atoms with E-state index in [2.05, 4.69) is 10.1 Å². The van der Waals surface area contributed by atoms with Gasteiger partial charge in [-0.15, -0.1) is 0 Å². The van der Waals surface area contributed by atoms with Gasteiger partial charge in [0.15, 0.2) is 11.6 Å². The van der Waals surface area contributed by atoms with Crippen LogP contribution in [0.1, 0.15) is 32.0 Å². The van der Waals surface area contributed by atoms with Crippen molar-refractivity contribution in [2.45, 2.75) is 39.3 Å². The number of carbonyl (C=O) groups excluding carboxylic acids is 1. The Bertz CT molecular complexity index is 856. The van der Waals surface area contributed by atoms with Crippen molar-refractivity contribution in [1.82, 2.24) is 15.0 Å². The van der Waals surface area contributed by atoms with Crippen molar-refractivity contribution in [3.05, 3.63) is 45.8 Å². The lowest BCUT2D eigenvalue weighted by atomic mass is 10.2. The Morgan fingerprint density at radius 3 is 2.89 bits per heavy atom. The minimum atomic E-state index is -0.648. The van der Waals surface area contributed by atoms with E-state index in [1.807, 2.05) is 6.92 Å². The van der Waals surface area contributed by atoms with Crippen LogP contribution in [0.3, 0.4) is 0 Å². The summed E-state index contributed by atoms with van der Waals surface area (Å²) in [5.41, 5.74) is 0.000580. The Hall–Kier alpha value is -3.04. The standard InChI is InChI=1S/C17H20FN5O4/c1-3-17-19-16(20-27-17)10-22(11(2)24)13-6-7-21(9-13)15-5-4-12(23(25)26)8-14(15)18/h4-5,8,13H,3,6-7,9-10H2,1-2H3/t13-/m1/s1. The number of hydrogen-bond donors (Lipinski definition) is 0. The molecule has 1 saturated heterocycles. The number of nitro groups is 1. The maximum Gasteiger partial charge on any atom is 0.272 e. The van der Waals surface area contributed by atoms with Crippen LogP contribution in [0.4, 0.5) is 15.8 Å². The van der Waals surface area contributed by atoms with E-state index in [1.165, 1.54) is 19.1 Å². The lowest BCUT2D eigenvalue weighted by molar-refractivity contribution is -0.385. The van der Waals surface area contributed by atoms with Crippen LogP contribution in [0.15, 0.2) is 22.7 Å². The van der Waals surface area contributed by atoms with Gasteiger partial charge < -0.3 is 14.3 Å². The molecular formula is C17H20FN5O4. The fourth-order valence-electron chi connectivity index (χ4n) is 3.23. The van der Waals surface area contributed by atoms with E-state index in [9.17, 15) is 19.3 Å².